The normalized spacial score (nSPS) is 19.2. The Morgan fingerprint density at radius 3 is 2.65 bits per heavy atom. The van der Waals surface area contributed by atoms with Gasteiger partial charge in [-0.25, -0.2) is 4.98 Å². The third kappa shape index (κ3) is 2.88. The Hall–Kier alpha value is -1.34. The number of nitrogens with two attached hydrogens (primary N) is 1. The van der Waals surface area contributed by atoms with E-state index in [1.54, 1.807) is 0 Å². The van der Waals surface area contributed by atoms with Crippen LogP contribution in [0.2, 0.25) is 0 Å². The SMILES string of the molecule is CC1(C)COCCN1c1nc(C(F)(F)F)ccc1CN. The van der Waals surface area contributed by atoms with Gasteiger partial charge in [-0.3, -0.25) is 0 Å². The largest absolute Gasteiger partial charge is 0.433 e. The number of nitrogens with zero attached hydrogens (tertiary/aromatic N) is 2. The second-order valence-electron chi connectivity index (χ2n) is 5.40. The molecule has 112 valence electrons. The van der Waals surface area contributed by atoms with Crippen LogP contribution in [0.5, 0.6) is 0 Å². The van der Waals surface area contributed by atoms with Gasteiger partial charge in [0.25, 0.3) is 0 Å². The zero-order chi connectivity index (χ0) is 15.0. The molecule has 1 fully saturated rings. The van der Waals surface area contributed by atoms with Crippen LogP contribution >= 0.6 is 0 Å². The average molecular weight is 289 g/mol. The molecule has 2 rings (SSSR count). The van der Waals surface area contributed by atoms with Crippen molar-refractivity contribution in [3.05, 3.63) is 23.4 Å². The topological polar surface area (TPSA) is 51.4 Å². The molecule has 0 aromatic carbocycles. The fourth-order valence-electron chi connectivity index (χ4n) is 2.28. The average Bonchev–Trinajstić information content (AvgIpc) is 2.36. The molecule has 1 aliphatic rings. The maximum Gasteiger partial charge on any atom is 0.433 e. The van der Waals surface area contributed by atoms with Crippen LogP contribution in [0.25, 0.3) is 0 Å². The Morgan fingerprint density at radius 2 is 2.10 bits per heavy atom. The summed E-state index contributed by atoms with van der Waals surface area (Å²) in [4.78, 5) is 5.64. The summed E-state index contributed by atoms with van der Waals surface area (Å²) >= 11 is 0. The lowest BCUT2D eigenvalue weighted by molar-refractivity contribution is -0.141. The van der Waals surface area contributed by atoms with E-state index in [0.29, 0.717) is 31.1 Å². The van der Waals surface area contributed by atoms with Crippen LogP contribution in [0, 0.1) is 0 Å². The molecular formula is C13H18F3N3O. The highest BCUT2D eigenvalue weighted by Crippen LogP contribution is 2.33. The van der Waals surface area contributed by atoms with Crippen molar-refractivity contribution in [1.29, 1.82) is 0 Å². The molecule has 1 aliphatic heterocycles. The van der Waals surface area contributed by atoms with Crippen molar-refractivity contribution in [3.63, 3.8) is 0 Å². The number of hydrogen-bond donors (Lipinski definition) is 1. The molecule has 0 aliphatic carbocycles. The van der Waals surface area contributed by atoms with Crippen LogP contribution in [0.1, 0.15) is 25.1 Å². The van der Waals surface area contributed by atoms with E-state index in [4.69, 9.17) is 10.5 Å². The highest BCUT2D eigenvalue weighted by atomic mass is 19.4. The van der Waals surface area contributed by atoms with Crippen molar-refractivity contribution < 1.29 is 17.9 Å². The van der Waals surface area contributed by atoms with Gasteiger partial charge in [0.1, 0.15) is 11.5 Å². The molecule has 1 saturated heterocycles. The predicted octanol–water partition coefficient (Wildman–Crippen LogP) is 2.17. The van der Waals surface area contributed by atoms with Gasteiger partial charge in [-0.15, -0.1) is 0 Å². The molecule has 0 unspecified atom stereocenters. The van der Waals surface area contributed by atoms with E-state index in [2.05, 4.69) is 4.98 Å². The maximum atomic E-state index is 12.8. The number of morpholine rings is 1. The van der Waals surface area contributed by atoms with Crippen molar-refractivity contribution in [2.45, 2.75) is 32.1 Å². The summed E-state index contributed by atoms with van der Waals surface area (Å²) in [5.74, 6) is 0.302. The minimum absolute atomic E-state index is 0.147. The highest BCUT2D eigenvalue weighted by molar-refractivity contribution is 5.50. The number of halogens is 3. The van der Waals surface area contributed by atoms with E-state index in [1.165, 1.54) is 6.07 Å². The van der Waals surface area contributed by atoms with Gasteiger partial charge < -0.3 is 15.4 Å². The second kappa shape index (κ2) is 5.21. The smallest absolute Gasteiger partial charge is 0.377 e. The summed E-state index contributed by atoms with van der Waals surface area (Å²) in [5, 5.41) is 0. The van der Waals surface area contributed by atoms with Gasteiger partial charge in [-0.05, 0) is 19.9 Å². The van der Waals surface area contributed by atoms with E-state index in [1.807, 2.05) is 18.7 Å². The molecule has 0 radical (unpaired) electrons. The molecule has 2 N–H and O–H groups in total. The Kier molecular flexibility index (Phi) is 3.93. The molecule has 7 heteroatoms. The van der Waals surface area contributed by atoms with Crippen LogP contribution in [0.3, 0.4) is 0 Å². The summed E-state index contributed by atoms with van der Waals surface area (Å²) in [6.45, 7) is 5.37. The van der Waals surface area contributed by atoms with Gasteiger partial charge in [0.2, 0.25) is 0 Å². The van der Waals surface area contributed by atoms with Crippen LogP contribution in [0.4, 0.5) is 19.0 Å². The zero-order valence-electron chi connectivity index (χ0n) is 11.5. The molecule has 2 heterocycles. The lowest BCUT2D eigenvalue weighted by Gasteiger charge is -2.43. The quantitative estimate of drug-likeness (QED) is 0.906. The Labute approximate surface area is 115 Å². The number of pyridine rings is 1. The fraction of sp³-hybridized carbons (Fsp3) is 0.615. The lowest BCUT2D eigenvalue weighted by Crippen LogP contribution is -2.54. The van der Waals surface area contributed by atoms with Crippen molar-refractivity contribution >= 4 is 5.82 Å². The van der Waals surface area contributed by atoms with Crippen molar-refractivity contribution in [3.8, 4) is 0 Å². The van der Waals surface area contributed by atoms with Crippen molar-refractivity contribution in [2.24, 2.45) is 5.73 Å². The summed E-state index contributed by atoms with van der Waals surface area (Å²) in [5.41, 5.74) is 4.92. The molecule has 1 aromatic heterocycles. The standard InChI is InChI=1S/C13H18F3N3O/c1-12(2)8-20-6-5-19(12)11-9(7-17)3-4-10(18-11)13(14,15)16/h3-4H,5-8,17H2,1-2H3. The Balaban J connectivity index is 2.47. The molecule has 0 amide bonds. The first-order valence-corrected chi connectivity index (χ1v) is 6.38. The number of hydrogen-bond acceptors (Lipinski definition) is 4. The summed E-state index contributed by atoms with van der Waals surface area (Å²) in [6.07, 6.45) is -4.46. The van der Waals surface area contributed by atoms with Gasteiger partial charge >= 0.3 is 6.18 Å². The van der Waals surface area contributed by atoms with Crippen LogP contribution in [0.15, 0.2) is 12.1 Å². The predicted molar refractivity (Wildman–Crippen MR) is 69.4 cm³/mol. The third-order valence-electron chi connectivity index (χ3n) is 3.37. The molecule has 0 spiro atoms. The van der Waals surface area contributed by atoms with Gasteiger partial charge in [0.15, 0.2) is 0 Å². The fourth-order valence-corrected chi connectivity index (χ4v) is 2.28. The summed E-state index contributed by atoms with van der Waals surface area (Å²) in [7, 11) is 0. The second-order valence-corrected chi connectivity index (χ2v) is 5.40. The zero-order valence-corrected chi connectivity index (χ0v) is 11.5. The van der Waals surface area contributed by atoms with Gasteiger partial charge in [-0.1, -0.05) is 6.07 Å². The Bertz CT molecular complexity index is 488. The van der Waals surface area contributed by atoms with Crippen molar-refractivity contribution in [2.75, 3.05) is 24.7 Å². The molecule has 0 bridgehead atoms. The van der Waals surface area contributed by atoms with Gasteiger partial charge in [0.05, 0.1) is 18.8 Å². The maximum absolute atomic E-state index is 12.8. The first kappa shape index (κ1) is 15.1. The summed E-state index contributed by atoms with van der Waals surface area (Å²) < 4.78 is 43.9. The van der Waals surface area contributed by atoms with Crippen LogP contribution < -0.4 is 10.6 Å². The van der Waals surface area contributed by atoms with E-state index < -0.39 is 17.4 Å². The number of anilines is 1. The van der Waals surface area contributed by atoms with E-state index in [0.717, 1.165) is 6.07 Å². The minimum Gasteiger partial charge on any atom is -0.377 e. The monoisotopic (exact) mass is 289 g/mol. The minimum atomic E-state index is -4.46. The number of ether oxygens (including phenoxy) is 1. The molecule has 0 atom stereocenters. The van der Waals surface area contributed by atoms with Crippen LogP contribution in [-0.4, -0.2) is 30.3 Å². The van der Waals surface area contributed by atoms with Crippen LogP contribution in [-0.2, 0) is 17.5 Å². The molecule has 0 saturated carbocycles. The van der Waals surface area contributed by atoms with Crippen molar-refractivity contribution in [1.82, 2.24) is 4.98 Å². The van der Waals surface area contributed by atoms with Gasteiger partial charge in [0, 0.05) is 18.7 Å². The highest BCUT2D eigenvalue weighted by Gasteiger charge is 2.36. The summed E-state index contributed by atoms with van der Waals surface area (Å²) in [6, 6.07) is 2.37. The third-order valence-corrected chi connectivity index (χ3v) is 3.37. The number of aromatic nitrogens is 1. The number of rotatable bonds is 2. The molecule has 20 heavy (non-hydrogen) atoms. The lowest BCUT2D eigenvalue weighted by atomic mass is 10.0. The molecule has 4 nitrogen and oxygen atoms in total. The molecule has 1 aromatic rings. The Morgan fingerprint density at radius 1 is 1.40 bits per heavy atom. The van der Waals surface area contributed by atoms with E-state index in [-0.39, 0.29) is 6.54 Å². The molecular weight excluding hydrogens is 271 g/mol. The van der Waals surface area contributed by atoms with E-state index >= 15 is 0 Å². The first-order chi connectivity index (χ1) is 9.25. The number of alkyl halides is 3. The van der Waals surface area contributed by atoms with Gasteiger partial charge in [-0.2, -0.15) is 13.2 Å². The van der Waals surface area contributed by atoms with E-state index in [9.17, 15) is 13.2 Å². The first-order valence-electron chi connectivity index (χ1n) is 6.38.